The molecule has 3 N–H and O–H groups in total. The molecule has 8 heteroatoms. The van der Waals surface area contributed by atoms with Crippen LogP contribution >= 0.6 is 0 Å². The first-order chi connectivity index (χ1) is 10.0. The van der Waals surface area contributed by atoms with E-state index in [4.69, 9.17) is 5.11 Å². The number of hydrogen-bond donors (Lipinski definition) is 3. The number of H-pyrrole nitrogens is 1. The van der Waals surface area contributed by atoms with E-state index < -0.39 is 11.9 Å². The van der Waals surface area contributed by atoms with Crippen molar-refractivity contribution in [2.75, 3.05) is 5.32 Å². The largest absolute Gasteiger partial charge is 0.475 e. The molecule has 2 aromatic heterocycles. The first-order valence-electron chi connectivity index (χ1n) is 6.07. The lowest BCUT2D eigenvalue weighted by atomic mass is 10.3. The van der Waals surface area contributed by atoms with Crippen molar-refractivity contribution < 1.29 is 14.7 Å². The van der Waals surface area contributed by atoms with Crippen LogP contribution < -0.4 is 5.32 Å². The molecule has 3 aromatic rings. The van der Waals surface area contributed by atoms with Crippen molar-refractivity contribution in [3.8, 4) is 0 Å². The van der Waals surface area contributed by atoms with Crippen LogP contribution in [0, 0.1) is 0 Å². The minimum absolute atomic E-state index is 0.138. The summed E-state index contributed by atoms with van der Waals surface area (Å²) in [7, 11) is 1.54. The van der Waals surface area contributed by atoms with Crippen molar-refractivity contribution in [3.05, 3.63) is 42.1 Å². The monoisotopic (exact) mass is 285 g/mol. The zero-order chi connectivity index (χ0) is 15.0. The molecule has 0 aliphatic heterocycles. The van der Waals surface area contributed by atoms with E-state index in [0.717, 1.165) is 5.52 Å². The summed E-state index contributed by atoms with van der Waals surface area (Å²) in [6.07, 6.45) is 1.42. The van der Waals surface area contributed by atoms with Gasteiger partial charge in [-0.2, -0.15) is 0 Å². The second-order valence-corrected chi connectivity index (χ2v) is 4.42. The third-order valence-electron chi connectivity index (χ3n) is 2.91. The number of benzene rings is 1. The van der Waals surface area contributed by atoms with Crippen molar-refractivity contribution in [1.29, 1.82) is 0 Å². The molecule has 8 nitrogen and oxygen atoms in total. The lowest BCUT2D eigenvalue weighted by molar-refractivity contribution is 0.0679. The maximum Gasteiger partial charge on any atom is 0.372 e. The van der Waals surface area contributed by atoms with Crippen LogP contribution in [0.4, 0.5) is 5.82 Å². The fourth-order valence-electron chi connectivity index (χ4n) is 1.96. The van der Waals surface area contributed by atoms with E-state index in [2.05, 4.69) is 20.3 Å². The Balaban J connectivity index is 1.86. The third kappa shape index (κ3) is 2.34. The number of aryl methyl sites for hydroxylation is 1. The van der Waals surface area contributed by atoms with Gasteiger partial charge in [0.1, 0.15) is 0 Å². The highest BCUT2D eigenvalue weighted by molar-refractivity contribution is 6.03. The number of para-hydroxylation sites is 2. The van der Waals surface area contributed by atoms with Gasteiger partial charge in [0, 0.05) is 13.2 Å². The van der Waals surface area contributed by atoms with Crippen LogP contribution in [-0.4, -0.2) is 36.5 Å². The summed E-state index contributed by atoms with van der Waals surface area (Å²) in [5.41, 5.74) is 1.42. The van der Waals surface area contributed by atoms with E-state index >= 15 is 0 Å². The van der Waals surface area contributed by atoms with Crippen LogP contribution in [0.3, 0.4) is 0 Å². The standard InChI is InChI=1S/C13H11N5O3/c1-18-6-9(16-11(18)13(20)21)17-12(19)10-14-7-4-2-3-5-8(7)15-10/h2-6H,1H3,(H,14,15)(H,17,19)(H,20,21). The molecule has 106 valence electrons. The summed E-state index contributed by atoms with van der Waals surface area (Å²) in [5, 5.41) is 11.4. The van der Waals surface area contributed by atoms with E-state index in [1.807, 2.05) is 18.2 Å². The number of aromatic amines is 1. The van der Waals surface area contributed by atoms with Gasteiger partial charge in [0.2, 0.25) is 5.82 Å². The Kier molecular flexibility index (Phi) is 2.90. The van der Waals surface area contributed by atoms with Gasteiger partial charge < -0.3 is 20.0 Å². The minimum atomic E-state index is -1.17. The summed E-state index contributed by atoms with van der Waals surface area (Å²) in [6.45, 7) is 0. The van der Waals surface area contributed by atoms with E-state index in [1.54, 1.807) is 6.07 Å². The summed E-state index contributed by atoms with van der Waals surface area (Å²) in [5.74, 6) is -1.52. The molecule has 0 bridgehead atoms. The van der Waals surface area contributed by atoms with Crippen molar-refractivity contribution in [3.63, 3.8) is 0 Å². The van der Waals surface area contributed by atoms with Crippen LogP contribution in [0.2, 0.25) is 0 Å². The molecule has 0 fully saturated rings. The molecule has 0 radical (unpaired) electrons. The number of carboxylic acid groups (broad SMARTS) is 1. The van der Waals surface area contributed by atoms with Crippen LogP contribution in [0.5, 0.6) is 0 Å². The smallest absolute Gasteiger partial charge is 0.372 e. The highest BCUT2D eigenvalue weighted by Crippen LogP contribution is 2.12. The number of carbonyl (C=O) groups excluding carboxylic acids is 1. The molecule has 1 amide bonds. The van der Waals surface area contributed by atoms with Gasteiger partial charge in [-0.15, -0.1) is 0 Å². The van der Waals surface area contributed by atoms with Crippen LogP contribution in [0.15, 0.2) is 30.5 Å². The summed E-state index contributed by atoms with van der Waals surface area (Å²) in [6, 6.07) is 7.25. The quantitative estimate of drug-likeness (QED) is 0.670. The maximum absolute atomic E-state index is 12.1. The predicted octanol–water partition coefficient (Wildman–Crippen LogP) is 1.25. The van der Waals surface area contributed by atoms with Crippen LogP contribution in [0.1, 0.15) is 21.2 Å². The molecule has 0 spiro atoms. The SMILES string of the molecule is Cn1cc(NC(=O)c2nc3ccccc3[nH]2)nc1C(=O)O. The molecule has 0 aliphatic carbocycles. The Morgan fingerprint density at radius 2 is 2.05 bits per heavy atom. The number of aromatic nitrogens is 4. The molecule has 0 saturated heterocycles. The Morgan fingerprint density at radius 1 is 1.29 bits per heavy atom. The Bertz CT molecular complexity index is 815. The number of nitrogens with one attached hydrogen (secondary N) is 2. The van der Waals surface area contributed by atoms with E-state index in [-0.39, 0.29) is 17.5 Å². The molecule has 0 unspecified atom stereocenters. The molecular formula is C13H11N5O3. The van der Waals surface area contributed by atoms with Gasteiger partial charge in [-0.1, -0.05) is 12.1 Å². The number of amides is 1. The van der Waals surface area contributed by atoms with Gasteiger partial charge in [0.15, 0.2) is 11.6 Å². The molecule has 0 atom stereocenters. The van der Waals surface area contributed by atoms with Gasteiger partial charge in [0.25, 0.3) is 5.91 Å². The normalized spacial score (nSPS) is 10.7. The first kappa shape index (κ1) is 12.9. The van der Waals surface area contributed by atoms with Gasteiger partial charge in [-0.25, -0.2) is 14.8 Å². The highest BCUT2D eigenvalue weighted by Gasteiger charge is 2.16. The maximum atomic E-state index is 12.1. The minimum Gasteiger partial charge on any atom is -0.475 e. The lowest BCUT2D eigenvalue weighted by Gasteiger charge is -1.97. The van der Waals surface area contributed by atoms with Crippen molar-refractivity contribution >= 4 is 28.7 Å². The Hall–Kier alpha value is -3.16. The first-order valence-corrected chi connectivity index (χ1v) is 6.07. The van der Waals surface area contributed by atoms with Crippen LogP contribution in [0.25, 0.3) is 11.0 Å². The summed E-state index contributed by atoms with van der Waals surface area (Å²) in [4.78, 5) is 33.8. The van der Waals surface area contributed by atoms with Crippen molar-refractivity contribution in [2.24, 2.45) is 7.05 Å². The van der Waals surface area contributed by atoms with Crippen molar-refractivity contribution in [2.45, 2.75) is 0 Å². The number of nitrogens with zero attached hydrogens (tertiary/aromatic N) is 3. The third-order valence-corrected chi connectivity index (χ3v) is 2.91. The Labute approximate surface area is 118 Å². The fourth-order valence-corrected chi connectivity index (χ4v) is 1.96. The highest BCUT2D eigenvalue weighted by atomic mass is 16.4. The number of hydrogen-bond acceptors (Lipinski definition) is 4. The summed E-state index contributed by atoms with van der Waals surface area (Å²) < 4.78 is 1.32. The molecular weight excluding hydrogens is 274 g/mol. The van der Waals surface area contributed by atoms with E-state index in [0.29, 0.717) is 5.52 Å². The number of anilines is 1. The molecule has 2 heterocycles. The second-order valence-electron chi connectivity index (χ2n) is 4.42. The fraction of sp³-hybridized carbons (Fsp3) is 0.0769. The van der Waals surface area contributed by atoms with Gasteiger partial charge in [-0.3, -0.25) is 4.79 Å². The molecule has 3 rings (SSSR count). The van der Waals surface area contributed by atoms with Crippen LogP contribution in [-0.2, 0) is 7.05 Å². The summed E-state index contributed by atoms with van der Waals surface area (Å²) >= 11 is 0. The van der Waals surface area contributed by atoms with Gasteiger partial charge >= 0.3 is 5.97 Å². The molecule has 21 heavy (non-hydrogen) atoms. The topological polar surface area (TPSA) is 113 Å². The number of rotatable bonds is 3. The molecule has 1 aromatic carbocycles. The van der Waals surface area contributed by atoms with E-state index in [9.17, 15) is 9.59 Å². The number of carboxylic acids is 1. The second kappa shape index (κ2) is 4.75. The molecule has 0 saturated carbocycles. The van der Waals surface area contributed by atoms with Gasteiger partial charge in [-0.05, 0) is 12.1 Å². The number of fused-ring (bicyclic) bond motifs is 1. The molecule has 0 aliphatic rings. The lowest BCUT2D eigenvalue weighted by Crippen LogP contribution is -2.14. The average Bonchev–Trinajstić information content (AvgIpc) is 3.02. The zero-order valence-electron chi connectivity index (χ0n) is 11.0. The number of imidazole rings is 2. The Morgan fingerprint density at radius 3 is 2.71 bits per heavy atom. The number of aromatic carboxylic acids is 1. The van der Waals surface area contributed by atoms with E-state index in [1.165, 1.54) is 17.8 Å². The number of carbonyl (C=O) groups is 2. The van der Waals surface area contributed by atoms with Gasteiger partial charge in [0.05, 0.1) is 11.0 Å². The zero-order valence-corrected chi connectivity index (χ0v) is 11.0. The van der Waals surface area contributed by atoms with Crippen molar-refractivity contribution in [1.82, 2.24) is 19.5 Å². The average molecular weight is 285 g/mol. The predicted molar refractivity (Wildman–Crippen MR) is 74.2 cm³/mol.